The molecule has 0 saturated carbocycles. The molecule has 0 aliphatic carbocycles. The van der Waals surface area contributed by atoms with E-state index in [2.05, 4.69) is 23.2 Å². The van der Waals surface area contributed by atoms with Crippen molar-refractivity contribution in [3.05, 3.63) is 69.5 Å². The van der Waals surface area contributed by atoms with E-state index in [-0.39, 0.29) is 17.3 Å². The molecule has 1 amide bonds. The van der Waals surface area contributed by atoms with E-state index in [4.69, 9.17) is 11.6 Å². The molecule has 172 valence electrons. The maximum Gasteiger partial charge on any atom is 0.294 e. The van der Waals surface area contributed by atoms with E-state index in [9.17, 15) is 14.9 Å². The topological polar surface area (TPSA) is 97.4 Å². The van der Waals surface area contributed by atoms with Gasteiger partial charge in [0, 0.05) is 37.3 Å². The van der Waals surface area contributed by atoms with Gasteiger partial charge in [-0.3, -0.25) is 19.5 Å². The number of hydrogen-bond acceptors (Lipinski definition) is 7. The van der Waals surface area contributed by atoms with Crippen molar-refractivity contribution in [2.45, 2.75) is 18.5 Å². The number of anilines is 1. The number of hydrogen-bond donors (Lipinski definition) is 0. The van der Waals surface area contributed by atoms with E-state index >= 15 is 0 Å². The van der Waals surface area contributed by atoms with E-state index in [1.165, 1.54) is 23.4 Å². The number of amides is 1. The number of halogens is 1. The lowest BCUT2D eigenvalue weighted by molar-refractivity contribution is -0.384. The molecule has 0 spiro atoms. The minimum Gasteiger partial charge on any atom is -0.362 e. The molecular weight excluding hydrogens is 464 g/mol. The molecule has 4 rings (SSSR count). The Kier molecular flexibility index (Phi) is 7.14. The van der Waals surface area contributed by atoms with Crippen molar-refractivity contribution in [2.24, 2.45) is 0 Å². The molecule has 0 radical (unpaired) electrons. The highest BCUT2D eigenvalue weighted by atomic mass is 35.5. The standard InChI is InChI=1S/C22H23ClN6O3S/c1-2-16-5-3-4-6-18(16)28-15-24-25-22(28)33-14-21(30)27-11-9-26(10-12-27)19-8-7-17(23)13-20(19)29(31)32/h3-8,13,15H,2,9-12,14H2,1H3. The number of carbonyl (C=O) groups excluding carboxylic acids is 1. The Morgan fingerprint density at radius 2 is 1.91 bits per heavy atom. The Bertz CT molecular complexity index is 1160. The molecule has 1 fully saturated rings. The van der Waals surface area contributed by atoms with Crippen LogP contribution in [-0.4, -0.2) is 62.4 Å². The Morgan fingerprint density at radius 1 is 1.15 bits per heavy atom. The van der Waals surface area contributed by atoms with E-state index in [1.807, 2.05) is 27.7 Å². The van der Waals surface area contributed by atoms with E-state index in [0.717, 1.165) is 12.1 Å². The molecule has 2 aromatic carbocycles. The summed E-state index contributed by atoms with van der Waals surface area (Å²) in [6.07, 6.45) is 2.55. The zero-order valence-corrected chi connectivity index (χ0v) is 19.6. The van der Waals surface area contributed by atoms with Crippen LogP contribution in [0.4, 0.5) is 11.4 Å². The molecule has 33 heavy (non-hydrogen) atoms. The quantitative estimate of drug-likeness (QED) is 0.284. The average Bonchev–Trinajstić information content (AvgIpc) is 3.31. The molecule has 1 aliphatic rings. The maximum absolute atomic E-state index is 12.8. The molecule has 9 nitrogen and oxygen atoms in total. The lowest BCUT2D eigenvalue weighted by atomic mass is 10.1. The molecule has 1 saturated heterocycles. The Morgan fingerprint density at radius 3 is 2.64 bits per heavy atom. The fourth-order valence-corrected chi connectivity index (χ4v) is 4.85. The summed E-state index contributed by atoms with van der Waals surface area (Å²) in [4.78, 5) is 27.5. The highest BCUT2D eigenvalue weighted by Crippen LogP contribution is 2.32. The summed E-state index contributed by atoms with van der Waals surface area (Å²) in [5.41, 5.74) is 2.69. The zero-order valence-electron chi connectivity index (χ0n) is 18.1. The summed E-state index contributed by atoms with van der Waals surface area (Å²) in [5.74, 6) is 0.247. The first-order chi connectivity index (χ1) is 16.0. The van der Waals surface area contributed by atoms with Gasteiger partial charge < -0.3 is 9.80 Å². The number of benzene rings is 2. The second-order valence-corrected chi connectivity index (χ2v) is 8.89. The van der Waals surface area contributed by atoms with Gasteiger partial charge in [-0.1, -0.05) is 48.5 Å². The average molecular weight is 487 g/mol. The Hall–Kier alpha value is -3.11. The number of piperazine rings is 1. The molecule has 0 bridgehead atoms. The highest BCUT2D eigenvalue weighted by Gasteiger charge is 2.26. The lowest BCUT2D eigenvalue weighted by Crippen LogP contribution is -2.49. The third kappa shape index (κ3) is 5.12. The molecule has 1 aromatic heterocycles. The largest absolute Gasteiger partial charge is 0.362 e. The number of carbonyl (C=O) groups is 1. The number of thioether (sulfide) groups is 1. The summed E-state index contributed by atoms with van der Waals surface area (Å²) in [6.45, 7) is 4.10. The summed E-state index contributed by atoms with van der Waals surface area (Å²) < 4.78 is 1.91. The van der Waals surface area contributed by atoms with Gasteiger partial charge in [-0.25, -0.2) is 0 Å². The van der Waals surface area contributed by atoms with Crippen molar-refractivity contribution in [3.63, 3.8) is 0 Å². The summed E-state index contributed by atoms with van der Waals surface area (Å²) in [7, 11) is 0. The summed E-state index contributed by atoms with van der Waals surface area (Å²) in [6, 6.07) is 12.7. The van der Waals surface area contributed by atoms with E-state index < -0.39 is 4.92 Å². The van der Waals surface area contributed by atoms with Gasteiger partial charge in [-0.05, 0) is 30.2 Å². The van der Waals surface area contributed by atoms with Crippen molar-refractivity contribution < 1.29 is 9.72 Å². The predicted octanol–water partition coefficient (Wildman–Crippen LogP) is 3.83. The minimum absolute atomic E-state index is 0.00332. The van der Waals surface area contributed by atoms with Crippen molar-refractivity contribution in [1.82, 2.24) is 19.7 Å². The molecule has 3 aromatic rings. The number of para-hydroxylation sites is 1. The number of rotatable bonds is 7. The van der Waals surface area contributed by atoms with Crippen LogP contribution in [0, 0.1) is 10.1 Å². The highest BCUT2D eigenvalue weighted by molar-refractivity contribution is 7.99. The fourth-order valence-electron chi connectivity index (χ4n) is 3.86. The monoisotopic (exact) mass is 486 g/mol. The van der Waals surface area contributed by atoms with Gasteiger partial charge in [-0.2, -0.15) is 0 Å². The van der Waals surface area contributed by atoms with Gasteiger partial charge >= 0.3 is 0 Å². The van der Waals surface area contributed by atoms with Crippen LogP contribution in [0.3, 0.4) is 0 Å². The van der Waals surface area contributed by atoms with Crippen LogP contribution in [0.25, 0.3) is 5.69 Å². The van der Waals surface area contributed by atoms with Gasteiger partial charge in [0.05, 0.1) is 16.4 Å². The first-order valence-electron chi connectivity index (χ1n) is 10.6. The third-order valence-corrected chi connectivity index (χ3v) is 6.74. The minimum atomic E-state index is -0.428. The van der Waals surface area contributed by atoms with Gasteiger partial charge in [0.15, 0.2) is 5.16 Å². The zero-order chi connectivity index (χ0) is 23.4. The fraction of sp³-hybridized carbons (Fsp3) is 0.318. The summed E-state index contributed by atoms with van der Waals surface area (Å²) >= 11 is 7.27. The van der Waals surface area contributed by atoms with E-state index in [0.29, 0.717) is 42.0 Å². The third-order valence-electron chi connectivity index (χ3n) is 5.58. The number of aromatic nitrogens is 3. The SMILES string of the molecule is CCc1ccccc1-n1cnnc1SCC(=O)N1CCN(c2ccc(Cl)cc2[N+](=O)[O-])CC1. The number of nitro benzene ring substituents is 1. The number of aryl methyl sites for hydroxylation is 1. The molecule has 2 heterocycles. The molecule has 1 aliphatic heterocycles. The van der Waals surface area contributed by atoms with Crippen molar-refractivity contribution in [1.29, 1.82) is 0 Å². The number of nitro groups is 1. The van der Waals surface area contributed by atoms with Gasteiger partial charge in [-0.15, -0.1) is 10.2 Å². The first kappa shape index (κ1) is 23.1. The van der Waals surface area contributed by atoms with Crippen LogP contribution in [0.1, 0.15) is 12.5 Å². The van der Waals surface area contributed by atoms with Crippen molar-refractivity contribution in [2.75, 3.05) is 36.8 Å². The number of nitrogens with zero attached hydrogens (tertiary/aromatic N) is 6. The van der Waals surface area contributed by atoms with Crippen LogP contribution < -0.4 is 4.90 Å². The lowest BCUT2D eigenvalue weighted by Gasteiger charge is -2.35. The van der Waals surface area contributed by atoms with Gasteiger partial charge in [0.1, 0.15) is 12.0 Å². The Labute approximate surface area is 200 Å². The second kappa shape index (κ2) is 10.2. The van der Waals surface area contributed by atoms with E-state index in [1.54, 1.807) is 23.4 Å². The van der Waals surface area contributed by atoms with Crippen LogP contribution >= 0.6 is 23.4 Å². The maximum atomic E-state index is 12.8. The van der Waals surface area contributed by atoms with Crippen molar-refractivity contribution in [3.8, 4) is 5.69 Å². The molecule has 0 unspecified atom stereocenters. The molecule has 0 N–H and O–H groups in total. The Balaban J connectivity index is 1.37. The van der Waals surface area contributed by atoms with Crippen LogP contribution in [0.5, 0.6) is 0 Å². The van der Waals surface area contributed by atoms with Crippen LogP contribution in [0.15, 0.2) is 53.9 Å². The van der Waals surface area contributed by atoms with Crippen LogP contribution in [-0.2, 0) is 11.2 Å². The van der Waals surface area contributed by atoms with Gasteiger partial charge in [0.25, 0.3) is 5.69 Å². The van der Waals surface area contributed by atoms with Crippen molar-refractivity contribution >= 4 is 40.6 Å². The first-order valence-corrected chi connectivity index (χ1v) is 11.9. The molecule has 11 heteroatoms. The molecular formula is C22H23ClN6O3S. The summed E-state index contributed by atoms with van der Waals surface area (Å²) in [5, 5.41) is 20.6. The molecule has 0 atom stereocenters. The van der Waals surface area contributed by atoms with Crippen LogP contribution in [0.2, 0.25) is 5.02 Å². The normalized spacial score (nSPS) is 13.9. The smallest absolute Gasteiger partial charge is 0.294 e. The van der Waals surface area contributed by atoms with Gasteiger partial charge in [0.2, 0.25) is 5.91 Å². The second-order valence-electron chi connectivity index (χ2n) is 7.51. The predicted molar refractivity (Wildman–Crippen MR) is 128 cm³/mol.